The number of carbonyl (C=O) groups is 2. The Morgan fingerprint density at radius 2 is 2.21 bits per heavy atom. The van der Waals surface area contributed by atoms with E-state index >= 15 is 0 Å². The molecule has 1 heterocycles. The number of piperidine rings is 1. The molecule has 5 heteroatoms. The van der Waals surface area contributed by atoms with E-state index in [0.29, 0.717) is 13.0 Å². The number of hydrogen-bond acceptors (Lipinski definition) is 3. The second-order valence-corrected chi connectivity index (χ2v) is 5.36. The van der Waals surface area contributed by atoms with Gasteiger partial charge in [-0.15, -0.1) is 0 Å². The fourth-order valence-corrected chi connectivity index (χ4v) is 2.86. The summed E-state index contributed by atoms with van der Waals surface area (Å²) in [6.45, 7) is 0.917. The molecule has 1 aliphatic carbocycles. The number of allylic oxidation sites excluding steroid dienone is 2. The van der Waals surface area contributed by atoms with E-state index in [0.717, 1.165) is 37.8 Å². The highest BCUT2D eigenvalue weighted by Crippen LogP contribution is 2.22. The lowest BCUT2D eigenvalue weighted by molar-refractivity contribution is -0.145. The maximum Gasteiger partial charge on any atom is 0.320 e. The predicted molar refractivity (Wildman–Crippen MR) is 71.6 cm³/mol. The van der Waals surface area contributed by atoms with E-state index in [1.807, 2.05) is 0 Å². The average Bonchev–Trinajstić information content (AvgIpc) is 2.92. The van der Waals surface area contributed by atoms with Crippen molar-refractivity contribution in [3.8, 4) is 0 Å². The van der Waals surface area contributed by atoms with Gasteiger partial charge < -0.3 is 10.0 Å². The van der Waals surface area contributed by atoms with Crippen LogP contribution in [0.3, 0.4) is 0 Å². The summed E-state index contributed by atoms with van der Waals surface area (Å²) < 4.78 is 0. The van der Waals surface area contributed by atoms with Crippen molar-refractivity contribution in [3.63, 3.8) is 0 Å². The van der Waals surface area contributed by atoms with Gasteiger partial charge in [0.1, 0.15) is 6.04 Å². The molecular formula is C14H22N2O3. The zero-order valence-electron chi connectivity index (χ0n) is 11.5. The van der Waals surface area contributed by atoms with Crippen molar-refractivity contribution in [1.29, 1.82) is 0 Å². The molecule has 106 valence electrons. The van der Waals surface area contributed by atoms with Crippen LogP contribution in [-0.2, 0) is 9.59 Å². The Balaban J connectivity index is 1.94. The van der Waals surface area contributed by atoms with Gasteiger partial charge in [0, 0.05) is 12.7 Å². The number of likely N-dealkylation sites (N-methyl/N-ethyl adjacent to an activating group) is 1. The molecule has 1 unspecified atom stereocenters. The number of likely N-dealkylation sites (tertiary alicyclic amines) is 1. The largest absolute Gasteiger partial charge is 0.480 e. The van der Waals surface area contributed by atoms with Crippen LogP contribution in [0, 0.1) is 0 Å². The molecule has 0 spiro atoms. The molecule has 0 aromatic heterocycles. The van der Waals surface area contributed by atoms with E-state index in [1.54, 1.807) is 16.8 Å². The van der Waals surface area contributed by atoms with Gasteiger partial charge in [0.05, 0.1) is 6.54 Å². The number of amides is 1. The average molecular weight is 266 g/mol. The van der Waals surface area contributed by atoms with Crippen LogP contribution < -0.4 is 0 Å². The second kappa shape index (κ2) is 6.19. The Hall–Kier alpha value is -1.36. The Bertz CT molecular complexity index is 392. The molecule has 0 aromatic carbocycles. The maximum atomic E-state index is 12.2. The van der Waals surface area contributed by atoms with Crippen molar-refractivity contribution in [2.24, 2.45) is 0 Å². The first-order valence-electron chi connectivity index (χ1n) is 7.02. The number of carboxylic acids is 1. The number of aliphatic carboxylic acids is 1. The highest BCUT2D eigenvalue weighted by Gasteiger charge is 2.30. The molecule has 0 radical (unpaired) electrons. The van der Waals surface area contributed by atoms with Gasteiger partial charge in [-0.1, -0.05) is 12.5 Å². The van der Waals surface area contributed by atoms with Crippen molar-refractivity contribution in [2.45, 2.75) is 44.6 Å². The van der Waals surface area contributed by atoms with Gasteiger partial charge in [-0.25, -0.2) is 0 Å². The van der Waals surface area contributed by atoms with Crippen LogP contribution >= 0.6 is 0 Å². The van der Waals surface area contributed by atoms with Crippen molar-refractivity contribution >= 4 is 11.9 Å². The van der Waals surface area contributed by atoms with Crippen LogP contribution in [0.5, 0.6) is 0 Å². The Morgan fingerprint density at radius 1 is 1.42 bits per heavy atom. The first-order chi connectivity index (χ1) is 9.09. The number of hydrogen-bond donors (Lipinski definition) is 1. The van der Waals surface area contributed by atoms with Crippen molar-refractivity contribution in [2.75, 3.05) is 20.1 Å². The summed E-state index contributed by atoms with van der Waals surface area (Å²) in [5, 5.41) is 9.19. The normalized spacial score (nSPS) is 24.1. The van der Waals surface area contributed by atoms with Gasteiger partial charge in [0.25, 0.3) is 0 Å². The summed E-state index contributed by atoms with van der Waals surface area (Å²) in [4.78, 5) is 26.9. The molecule has 2 rings (SSSR count). The highest BCUT2D eigenvalue weighted by atomic mass is 16.4. The SMILES string of the molecule is CN(C(=O)CN1CCCCC1C(=O)O)C1=CCCC1. The molecule has 0 aromatic rings. The minimum Gasteiger partial charge on any atom is -0.480 e. The van der Waals surface area contributed by atoms with Crippen LogP contribution in [0.15, 0.2) is 11.8 Å². The molecule has 0 bridgehead atoms. The Labute approximate surface area is 113 Å². The number of carbonyl (C=O) groups excluding carboxylic acids is 1. The second-order valence-electron chi connectivity index (χ2n) is 5.36. The minimum atomic E-state index is -0.810. The van der Waals surface area contributed by atoms with Gasteiger partial charge in [-0.3, -0.25) is 14.5 Å². The number of nitrogens with zero attached hydrogens (tertiary/aromatic N) is 2. The van der Waals surface area contributed by atoms with Gasteiger partial charge in [0.2, 0.25) is 5.91 Å². The van der Waals surface area contributed by atoms with Crippen LogP contribution in [0.1, 0.15) is 38.5 Å². The van der Waals surface area contributed by atoms with Gasteiger partial charge in [0.15, 0.2) is 0 Å². The number of rotatable bonds is 4. The van der Waals surface area contributed by atoms with E-state index in [9.17, 15) is 14.7 Å². The monoisotopic (exact) mass is 266 g/mol. The minimum absolute atomic E-state index is 0.00120. The summed E-state index contributed by atoms with van der Waals surface area (Å²) in [6, 6.07) is -0.497. The molecule has 5 nitrogen and oxygen atoms in total. The first kappa shape index (κ1) is 14.1. The quantitative estimate of drug-likeness (QED) is 0.836. The lowest BCUT2D eigenvalue weighted by Crippen LogP contribution is -2.49. The van der Waals surface area contributed by atoms with Crippen molar-refractivity contribution < 1.29 is 14.7 Å². The van der Waals surface area contributed by atoms with Gasteiger partial charge in [-0.05, 0) is 38.6 Å². The third-order valence-corrected chi connectivity index (χ3v) is 4.06. The number of carboxylic acid groups (broad SMARTS) is 1. The lowest BCUT2D eigenvalue weighted by Gasteiger charge is -2.33. The third kappa shape index (κ3) is 3.35. The zero-order chi connectivity index (χ0) is 13.8. The predicted octanol–water partition coefficient (Wildman–Crippen LogP) is 1.45. The lowest BCUT2D eigenvalue weighted by atomic mass is 10.0. The van der Waals surface area contributed by atoms with E-state index in [2.05, 4.69) is 6.08 Å². The summed E-state index contributed by atoms with van der Waals surface area (Å²) in [6.07, 6.45) is 7.75. The molecular weight excluding hydrogens is 244 g/mol. The molecule has 0 saturated carbocycles. The summed E-state index contributed by atoms with van der Waals surface area (Å²) in [5.41, 5.74) is 1.08. The maximum absolute atomic E-state index is 12.2. The topological polar surface area (TPSA) is 60.9 Å². The summed E-state index contributed by atoms with van der Waals surface area (Å²) in [5.74, 6) is -0.809. The van der Waals surface area contributed by atoms with E-state index < -0.39 is 12.0 Å². The summed E-state index contributed by atoms with van der Waals surface area (Å²) in [7, 11) is 1.79. The molecule has 1 aliphatic heterocycles. The molecule has 19 heavy (non-hydrogen) atoms. The van der Waals surface area contributed by atoms with Crippen molar-refractivity contribution in [3.05, 3.63) is 11.8 Å². The fraction of sp³-hybridized carbons (Fsp3) is 0.714. The summed E-state index contributed by atoms with van der Waals surface area (Å²) >= 11 is 0. The standard InChI is InChI=1S/C14H22N2O3/c1-15(11-6-2-3-7-11)13(17)10-16-9-5-4-8-12(16)14(18)19/h6,12H,2-5,7-10H2,1H3,(H,18,19). The van der Waals surface area contributed by atoms with Crippen LogP contribution in [0.2, 0.25) is 0 Å². The highest BCUT2D eigenvalue weighted by molar-refractivity contribution is 5.81. The smallest absolute Gasteiger partial charge is 0.320 e. The zero-order valence-corrected chi connectivity index (χ0v) is 11.5. The van der Waals surface area contributed by atoms with Crippen LogP contribution in [0.4, 0.5) is 0 Å². The fourth-order valence-electron chi connectivity index (χ4n) is 2.86. The first-order valence-corrected chi connectivity index (χ1v) is 7.02. The van der Waals surface area contributed by atoms with E-state index in [-0.39, 0.29) is 12.5 Å². The van der Waals surface area contributed by atoms with Gasteiger partial charge in [-0.2, -0.15) is 0 Å². The van der Waals surface area contributed by atoms with E-state index in [4.69, 9.17) is 0 Å². The Morgan fingerprint density at radius 3 is 2.84 bits per heavy atom. The molecule has 1 fully saturated rings. The van der Waals surface area contributed by atoms with Crippen LogP contribution in [0.25, 0.3) is 0 Å². The third-order valence-electron chi connectivity index (χ3n) is 4.06. The van der Waals surface area contributed by atoms with E-state index in [1.165, 1.54) is 0 Å². The molecule has 1 N–H and O–H groups in total. The van der Waals surface area contributed by atoms with Crippen LogP contribution in [-0.4, -0.2) is 53.0 Å². The molecule has 1 amide bonds. The van der Waals surface area contributed by atoms with Gasteiger partial charge >= 0.3 is 5.97 Å². The molecule has 2 aliphatic rings. The Kier molecular flexibility index (Phi) is 4.58. The van der Waals surface area contributed by atoms with Crippen molar-refractivity contribution in [1.82, 2.24) is 9.80 Å². The molecule has 1 atom stereocenters. The molecule has 1 saturated heterocycles.